The normalized spacial score (nSPS) is 14.5. The molecule has 37 heavy (non-hydrogen) atoms. The molecule has 3 aromatic rings. The predicted molar refractivity (Wildman–Crippen MR) is 142 cm³/mol. The van der Waals surface area contributed by atoms with Crippen molar-refractivity contribution in [2.45, 2.75) is 13.8 Å². The van der Waals surface area contributed by atoms with Gasteiger partial charge in [0.25, 0.3) is 17.7 Å². The Morgan fingerprint density at radius 1 is 0.973 bits per heavy atom. The average molecular weight is 538 g/mol. The Bertz CT molecular complexity index is 1470. The van der Waals surface area contributed by atoms with E-state index in [0.717, 1.165) is 16.0 Å². The molecule has 3 aromatic carbocycles. The second-order valence-corrected chi connectivity index (χ2v) is 9.05. The number of hydrogen-bond acceptors (Lipinski definition) is 5. The van der Waals surface area contributed by atoms with E-state index < -0.39 is 23.8 Å². The van der Waals surface area contributed by atoms with Crippen LogP contribution in [-0.2, 0) is 14.4 Å². The second-order valence-electron chi connectivity index (χ2n) is 8.23. The predicted octanol–water partition coefficient (Wildman–Crippen LogP) is 5.29. The summed E-state index contributed by atoms with van der Waals surface area (Å²) < 4.78 is 5.50. The molecule has 1 fully saturated rings. The number of carbonyl (C=O) groups is 4. The first-order valence-corrected chi connectivity index (χ1v) is 11.8. The van der Waals surface area contributed by atoms with Crippen molar-refractivity contribution in [1.82, 2.24) is 5.32 Å². The number of ether oxygens (including phenoxy) is 1. The summed E-state index contributed by atoms with van der Waals surface area (Å²) in [5.41, 5.74) is 2.88. The van der Waals surface area contributed by atoms with Crippen LogP contribution in [0.1, 0.15) is 16.7 Å². The van der Waals surface area contributed by atoms with Crippen molar-refractivity contribution in [2.75, 3.05) is 16.8 Å². The molecule has 0 aliphatic carbocycles. The minimum Gasteiger partial charge on any atom is -0.482 e. The highest BCUT2D eigenvalue weighted by Crippen LogP contribution is 2.28. The zero-order valence-corrected chi connectivity index (χ0v) is 21.3. The third kappa shape index (κ3) is 5.82. The number of nitrogens with one attached hydrogen (secondary N) is 2. The fourth-order valence-electron chi connectivity index (χ4n) is 3.54. The number of imide groups is 2. The van der Waals surface area contributed by atoms with E-state index in [-0.39, 0.29) is 23.0 Å². The molecule has 1 aliphatic heterocycles. The Labute approximate surface area is 222 Å². The number of amides is 5. The van der Waals surface area contributed by atoms with Crippen molar-refractivity contribution in [2.24, 2.45) is 0 Å². The zero-order valence-electron chi connectivity index (χ0n) is 19.8. The lowest BCUT2D eigenvalue weighted by Gasteiger charge is -2.26. The molecule has 0 bridgehead atoms. The van der Waals surface area contributed by atoms with E-state index in [0.29, 0.717) is 22.0 Å². The summed E-state index contributed by atoms with van der Waals surface area (Å²) in [5, 5.41) is 5.38. The van der Waals surface area contributed by atoms with Gasteiger partial charge in [-0.15, -0.1) is 0 Å². The Kier molecular flexibility index (Phi) is 7.61. The number of carbonyl (C=O) groups excluding carboxylic acids is 4. The number of nitrogens with zero attached hydrogens (tertiary/aromatic N) is 1. The molecule has 8 nitrogen and oxygen atoms in total. The SMILES string of the molecule is Cc1ccc(N2C(=O)NC(=O)/C(=C/c3ccc(OCC(=O)Nc4ccccc4Cl)c(Cl)c3)C2=O)cc1C. The van der Waals surface area contributed by atoms with Crippen LogP contribution in [0.4, 0.5) is 16.2 Å². The molecule has 4 rings (SSSR count). The van der Waals surface area contributed by atoms with E-state index in [1.807, 2.05) is 13.8 Å². The minimum absolute atomic E-state index is 0.158. The van der Waals surface area contributed by atoms with E-state index >= 15 is 0 Å². The standard InChI is InChI=1S/C27H21Cl2N3O5/c1-15-7-9-18(11-16(15)2)32-26(35)19(25(34)31-27(32)36)12-17-8-10-23(21(29)13-17)37-14-24(33)30-22-6-4-3-5-20(22)28/h3-13H,14H2,1-2H3,(H,30,33)(H,31,34,36)/b19-12-. The highest BCUT2D eigenvalue weighted by Gasteiger charge is 2.36. The van der Waals surface area contributed by atoms with Crippen LogP contribution in [-0.4, -0.2) is 30.4 Å². The van der Waals surface area contributed by atoms with Crippen molar-refractivity contribution in [3.8, 4) is 5.75 Å². The summed E-state index contributed by atoms with van der Waals surface area (Å²) in [6.07, 6.45) is 1.33. The topological polar surface area (TPSA) is 105 Å². The number of hydrogen-bond donors (Lipinski definition) is 2. The smallest absolute Gasteiger partial charge is 0.335 e. The first kappa shape index (κ1) is 25.9. The third-order valence-electron chi connectivity index (χ3n) is 5.62. The number of benzene rings is 3. The number of rotatable bonds is 6. The summed E-state index contributed by atoms with van der Waals surface area (Å²) in [7, 11) is 0. The van der Waals surface area contributed by atoms with E-state index in [1.54, 1.807) is 48.5 Å². The summed E-state index contributed by atoms with van der Waals surface area (Å²) in [6.45, 7) is 3.45. The van der Waals surface area contributed by atoms with Gasteiger partial charge in [-0.2, -0.15) is 0 Å². The maximum absolute atomic E-state index is 13.1. The van der Waals surface area contributed by atoms with Gasteiger partial charge < -0.3 is 10.1 Å². The molecule has 1 aliphatic rings. The number of aryl methyl sites for hydroxylation is 2. The molecule has 188 valence electrons. The minimum atomic E-state index is -0.827. The van der Waals surface area contributed by atoms with Gasteiger partial charge >= 0.3 is 6.03 Å². The van der Waals surface area contributed by atoms with Crippen LogP contribution in [0.15, 0.2) is 66.2 Å². The van der Waals surface area contributed by atoms with E-state index in [9.17, 15) is 19.2 Å². The van der Waals surface area contributed by atoms with Crippen molar-refractivity contribution in [3.63, 3.8) is 0 Å². The monoisotopic (exact) mass is 537 g/mol. The molecule has 10 heteroatoms. The molecule has 0 saturated carbocycles. The van der Waals surface area contributed by atoms with Crippen LogP contribution in [0.25, 0.3) is 6.08 Å². The summed E-state index contributed by atoms with van der Waals surface area (Å²) in [5.74, 6) is -1.78. The Morgan fingerprint density at radius 3 is 2.43 bits per heavy atom. The number of urea groups is 1. The van der Waals surface area contributed by atoms with Crippen LogP contribution < -0.4 is 20.3 Å². The lowest BCUT2D eigenvalue weighted by molar-refractivity contribution is -0.122. The molecule has 1 saturated heterocycles. The highest BCUT2D eigenvalue weighted by molar-refractivity contribution is 6.39. The second kappa shape index (κ2) is 10.9. The third-order valence-corrected chi connectivity index (χ3v) is 6.25. The van der Waals surface area contributed by atoms with Gasteiger partial charge in [-0.1, -0.05) is 47.5 Å². The van der Waals surface area contributed by atoms with Crippen molar-refractivity contribution < 1.29 is 23.9 Å². The fourth-order valence-corrected chi connectivity index (χ4v) is 3.97. The fraction of sp³-hybridized carbons (Fsp3) is 0.111. The van der Waals surface area contributed by atoms with E-state index in [2.05, 4.69) is 10.6 Å². The van der Waals surface area contributed by atoms with Gasteiger partial charge in [0.15, 0.2) is 6.61 Å². The molecular weight excluding hydrogens is 517 g/mol. The maximum Gasteiger partial charge on any atom is 0.335 e. The molecule has 0 atom stereocenters. The van der Waals surface area contributed by atoms with Gasteiger partial charge in [0.2, 0.25) is 0 Å². The quantitative estimate of drug-likeness (QED) is 0.328. The van der Waals surface area contributed by atoms with E-state index in [1.165, 1.54) is 18.2 Å². The van der Waals surface area contributed by atoms with Crippen molar-refractivity contribution >= 4 is 64.4 Å². The Balaban J connectivity index is 1.49. The maximum atomic E-state index is 13.1. The summed E-state index contributed by atoms with van der Waals surface area (Å²) >= 11 is 12.3. The van der Waals surface area contributed by atoms with Crippen LogP contribution in [0.3, 0.4) is 0 Å². The summed E-state index contributed by atoms with van der Waals surface area (Å²) in [4.78, 5) is 51.1. The lowest BCUT2D eigenvalue weighted by atomic mass is 10.0. The number of halogens is 2. The van der Waals surface area contributed by atoms with Gasteiger partial charge in [-0.25, -0.2) is 9.69 Å². The van der Waals surface area contributed by atoms with Gasteiger partial charge in [0, 0.05) is 0 Å². The van der Waals surface area contributed by atoms with Crippen molar-refractivity contribution in [1.29, 1.82) is 0 Å². The lowest BCUT2D eigenvalue weighted by Crippen LogP contribution is -2.54. The molecule has 2 N–H and O–H groups in total. The van der Waals surface area contributed by atoms with Crippen LogP contribution in [0, 0.1) is 13.8 Å². The molecular formula is C27H21Cl2N3O5. The van der Waals surface area contributed by atoms with Crippen LogP contribution in [0.5, 0.6) is 5.75 Å². The number of anilines is 2. The number of barbiturate groups is 1. The van der Waals surface area contributed by atoms with Crippen molar-refractivity contribution in [3.05, 3.63) is 93.0 Å². The average Bonchev–Trinajstić information content (AvgIpc) is 2.84. The first-order valence-electron chi connectivity index (χ1n) is 11.1. The van der Waals surface area contributed by atoms with Gasteiger partial charge in [-0.05, 0) is 73.0 Å². The van der Waals surface area contributed by atoms with Crippen LogP contribution in [0.2, 0.25) is 10.0 Å². The van der Waals surface area contributed by atoms with Crippen LogP contribution >= 0.6 is 23.2 Å². The first-order chi connectivity index (χ1) is 17.6. The van der Waals surface area contributed by atoms with Gasteiger partial charge in [-0.3, -0.25) is 19.7 Å². The molecule has 0 radical (unpaired) electrons. The molecule has 0 spiro atoms. The van der Waals surface area contributed by atoms with Gasteiger partial charge in [0.1, 0.15) is 11.3 Å². The Hall–Kier alpha value is -4.14. The number of para-hydroxylation sites is 1. The summed E-state index contributed by atoms with van der Waals surface area (Å²) in [6, 6.07) is 15.6. The largest absolute Gasteiger partial charge is 0.482 e. The molecule has 0 aromatic heterocycles. The Morgan fingerprint density at radius 2 is 1.73 bits per heavy atom. The zero-order chi connectivity index (χ0) is 26.7. The molecule has 5 amide bonds. The van der Waals surface area contributed by atoms with E-state index in [4.69, 9.17) is 27.9 Å². The molecule has 1 heterocycles. The van der Waals surface area contributed by atoms with Gasteiger partial charge in [0.05, 0.1) is 21.4 Å². The highest BCUT2D eigenvalue weighted by atomic mass is 35.5. The molecule has 0 unspecified atom stereocenters.